The van der Waals surface area contributed by atoms with Gasteiger partial charge in [0.2, 0.25) is 0 Å². The van der Waals surface area contributed by atoms with Crippen molar-refractivity contribution in [1.82, 2.24) is 10.3 Å². The molecule has 1 heterocycles. The number of halogens is 2. The maximum atomic E-state index is 13.4. The van der Waals surface area contributed by atoms with E-state index < -0.39 is 11.6 Å². The predicted octanol–water partition coefficient (Wildman–Crippen LogP) is 2.67. The highest BCUT2D eigenvalue weighted by Gasteiger charge is 2.23. The Bertz CT molecular complexity index is 713. The molecule has 25 heavy (non-hydrogen) atoms. The molecule has 0 spiro atoms. The van der Waals surface area contributed by atoms with E-state index in [1.807, 2.05) is 12.1 Å². The average Bonchev–Trinajstić information content (AvgIpc) is 3.41. The highest BCUT2D eigenvalue weighted by Crippen LogP contribution is 2.19. The van der Waals surface area contributed by atoms with Crippen molar-refractivity contribution in [2.24, 2.45) is 0 Å². The number of aromatic nitrogens is 1. The van der Waals surface area contributed by atoms with Crippen molar-refractivity contribution in [3.8, 4) is 5.75 Å². The van der Waals surface area contributed by atoms with Crippen LogP contribution in [0.5, 0.6) is 5.75 Å². The van der Waals surface area contributed by atoms with Crippen LogP contribution in [0.25, 0.3) is 0 Å². The second kappa shape index (κ2) is 7.92. The minimum atomic E-state index is -0.715. The quantitative estimate of drug-likeness (QED) is 0.771. The zero-order valence-corrected chi connectivity index (χ0v) is 13.6. The number of nitrogens with zero attached hydrogens (tertiary/aromatic N) is 1. The summed E-state index contributed by atoms with van der Waals surface area (Å²) in [6.07, 6.45) is 4.61. The molecule has 3 rings (SSSR count). The van der Waals surface area contributed by atoms with Gasteiger partial charge < -0.3 is 15.4 Å². The van der Waals surface area contributed by atoms with Crippen LogP contribution in [-0.4, -0.2) is 30.1 Å². The van der Waals surface area contributed by atoms with Gasteiger partial charge in [-0.25, -0.2) is 8.78 Å². The molecule has 132 valence electrons. The molecular weight excluding hydrogens is 328 g/mol. The molecule has 0 saturated heterocycles. The summed E-state index contributed by atoms with van der Waals surface area (Å²) in [5.41, 5.74) is 0.814. The molecular formula is C18H19F2N3O2. The first kappa shape index (κ1) is 17.1. The van der Waals surface area contributed by atoms with Crippen LogP contribution in [0.2, 0.25) is 0 Å². The van der Waals surface area contributed by atoms with Crippen LogP contribution < -0.4 is 15.4 Å². The van der Waals surface area contributed by atoms with Gasteiger partial charge >= 0.3 is 0 Å². The van der Waals surface area contributed by atoms with E-state index in [4.69, 9.17) is 4.74 Å². The molecule has 1 aromatic heterocycles. The number of hydrogen-bond acceptors (Lipinski definition) is 4. The number of carbonyl (C=O) groups excluding carboxylic acids is 1. The highest BCUT2D eigenvalue weighted by atomic mass is 19.1. The summed E-state index contributed by atoms with van der Waals surface area (Å²) in [7, 11) is 0. The summed E-state index contributed by atoms with van der Waals surface area (Å²) in [6.45, 7) is 0.375. The molecule has 1 aliphatic rings. The Labute approximate surface area is 144 Å². The van der Waals surface area contributed by atoms with Gasteiger partial charge in [-0.3, -0.25) is 9.78 Å². The molecule has 2 aromatic rings. The fourth-order valence-corrected chi connectivity index (χ4v) is 2.31. The Hall–Kier alpha value is -2.70. The smallest absolute Gasteiger partial charge is 0.258 e. The molecule has 0 unspecified atom stereocenters. The van der Waals surface area contributed by atoms with E-state index in [2.05, 4.69) is 15.6 Å². The zero-order chi connectivity index (χ0) is 17.6. The number of anilines is 1. The third kappa shape index (κ3) is 5.14. The summed E-state index contributed by atoms with van der Waals surface area (Å²) < 4.78 is 32.3. The van der Waals surface area contributed by atoms with Gasteiger partial charge in [0.25, 0.3) is 5.91 Å². The van der Waals surface area contributed by atoms with Gasteiger partial charge in [0, 0.05) is 12.6 Å². The lowest BCUT2D eigenvalue weighted by Crippen LogP contribution is -2.30. The van der Waals surface area contributed by atoms with Gasteiger partial charge in [0.1, 0.15) is 11.4 Å². The molecule has 1 saturated carbocycles. The van der Waals surface area contributed by atoms with Crippen LogP contribution in [0, 0.1) is 11.6 Å². The average molecular weight is 347 g/mol. The molecule has 1 amide bonds. The third-order valence-electron chi connectivity index (χ3n) is 3.80. The number of ether oxygens (including phenoxy) is 1. The fraction of sp³-hybridized carbons (Fsp3) is 0.333. The van der Waals surface area contributed by atoms with Crippen LogP contribution >= 0.6 is 0 Å². The van der Waals surface area contributed by atoms with Gasteiger partial charge in [-0.05, 0) is 37.0 Å². The van der Waals surface area contributed by atoms with Crippen molar-refractivity contribution in [3.05, 3.63) is 53.9 Å². The number of amides is 1. The number of hydrogen-bond donors (Lipinski definition) is 2. The lowest BCUT2D eigenvalue weighted by molar-refractivity contribution is -0.123. The summed E-state index contributed by atoms with van der Waals surface area (Å²) in [6, 6.07) is 7.58. The van der Waals surface area contributed by atoms with Crippen molar-refractivity contribution >= 4 is 11.6 Å². The number of rotatable bonds is 8. The number of nitrogens with one attached hydrogen (secondary N) is 2. The van der Waals surface area contributed by atoms with E-state index in [1.165, 1.54) is 0 Å². The first-order valence-corrected chi connectivity index (χ1v) is 8.16. The first-order valence-electron chi connectivity index (χ1n) is 8.16. The van der Waals surface area contributed by atoms with Crippen LogP contribution in [0.4, 0.5) is 14.5 Å². The van der Waals surface area contributed by atoms with E-state index in [1.54, 1.807) is 12.1 Å². The number of pyridine rings is 1. The van der Waals surface area contributed by atoms with E-state index in [9.17, 15) is 13.6 Å². The topological polar surface area (TPSA) is 63.2 Å². The van der Waals surface area contributed by atoms with Gasteiger partial charge in [0.15, 0.2) is 18.2 Å². The van der Waals surface area contributed by atoms with Crippen LogP contribution in [-0.2, 0) is 11.2 Å². The van der Waals surface area contributed by atoms with Crippen LogP contribution in [0.15, 0.2) is 36.7 Å². The molecule has 0 aliphatic heterocycles. The molecule has 0 atom stereocenters. The Morgan fingerprint density at radius 3 is 2.48 bits per heavy atom. The second-order valence-electron chi connectivity index (χ2n) is 5.93. The molecule has 1 aliphatic carbocycles. The Morgan fingerprint density at radius 2 is 1.84 bits per heavy atom. The number of carbonyl (C=O) groups is 1. The first-order chi connectivity index (χ1) is 12.1. The van der Waals surface area contributed by atoms with Crippen molar-refractivity contribution < 1.29 is 18.3 Å². The maximum absolute atomic E-state index is 13.4. The summed E-state index contributed by atoms with van der Waals surface area (Å²) in [5, 5.41) is 5.58. The Morgan fingerprint density at radius 1 is 1.16 bits per heavy atom. The van der Waals surface area contributed by atoms with Crippen molar-refractivity contribution in [1.29, 1.82) is 0 Å². The molecule has 5 nitrogen and oxygen atoms in total. The monoisotopic (exact) mass is 347 g/mol. The molecule has 2 N–H and O–H groups in total. The molecule has 0 bridgehead atoms. The van der Waals surface area contributed by atoms with Gasteiger partial charge in [-0.1, -0.05) is 12.1 Å². The minimum absolute atomic E-state index is 0.00199. The van der Waals surface area contributed by atoms with E-state index in [0.717, 1.165) is 30.8 Å². The summed E-state index contributed by atoms with van der Waals surface area (Å²) in [5.74, 6) is -0.937. The standard InChI is InChI=1S/C18H19F2N3O2/c19-15-9-21-10-16(20)18(15)22-8-7-12-1-5-14(6-2-12)25-11-17(24)23-13-3-4-13/h1-2,5-6,9-10,13H,3-4,7-8,11H2,(H,21,22)(H,23,24). The highest BCUT2D eigenvalue weighted by molar-refractivity contribution is 5.78. The van der Waals surface area contributed by atoms with Gasteiger partial charge in [0.05, 0.1) is 12.4 Å². The number of benzene rings is 1. The molecule has 1 fully saturated rings. The van der Waals surface area contributed by atoms with Crippen molar-refractivity contribution in [3.63, 3.8) is 0 Å². The predicted molar refractivity (Wildman–Crippen MR) is 89.4 cm³/mol. The Balaban J connectivity index is 1.43. The third-order valence-corrected chi connectivity index (χ3v) is 3.80. The van der Waals surface area contributed by atoms with Crippen LogP contribution in [0.1, 0.15) is 18.4 Å². The molecule has 1 aromatic carbocycles. The van der Waals surface area contributed by atoms with E-state index in [-0.39, 0.29) is 18.2 Å². The lowest BCUT2D eigenvalue weighted by Gasteiger charge is -2.09. The van der Waals surface area contributed by atoms with Crippen molar-refractivity contribution in [2.75, 3.05) is 18.5 Å². The van der Waals surface area contributed by atoms with Gasteiger partial charge in [-0.15, -0.1) is 0 Å². The van der Waals surface area contributed by atoms with E-state index in [0.29, 0.717) is 24.8 Å². The van der Waals surface area contributed by atoms with Crippen LogP contribution in [0.3, 0.4) is 0 Å². The molecule has 0 radical (unpaired) electrons. The lowest BCUT2D eigenvalue weighted by atomic mass is 10.1. The summed E-state index contributed by atoms with van der Waals surface area (Å²) >= 11 is 0. The van der Waals surface area contributed by atoms with Crippen molar-refractivity contribution in [2.45, 2.75) is 25.3 Å². The summed E-state index contributed by atoms with van der Waals surface area (Å²) in [4.78, 5) is 15.0. The maximum Gasteiger partial charge on any atom is 0.258 e. The Kier molecular flexibility index (Phi) is 5.42. The fourth-order valence-electron chi connectivity index (χ4n) is 2.31. The zero-order valence-electron chi connectivity index (χ0n) is 13.6. The van der Waals surface area contributed by atoms with Gasteiger partial charge in [-0.2, -0.15) is 0 Å². The minimum Gasteiger partial charge on any atom is -0.484 e. The largest absolute Gasteiger partial charge is 0.484 e. The molecule has 7 heteroatoms. The van der Waals surface area contributed by atoms with E-state index >= 15 is 0 Å². The second-order valence-corrected chi connectivity index (χ2v) is 5.93. The SMILES string of the molecule is O=C(COc1ccc(CCNc2c(F)cncc2F)cc1)NC1CC1. The normalized spacial score (nSPS) is 13.4.